The summed E-state index contributed by atoms with van der Waals surface area (Å²) in [6.45, 7) is 0. The molecular formula is C18H20FN3O3. The Labute approximate surface area is 144 Å². The molecule has 0 spiro atoms. The first kappa shape index (κ1) is 17.1. The lowest BCUT2D eigenvalue weighted by molar-refractivity contribution is 0.0696. The fourth-order valence-corrected chi connectivity index (χ4v) is 3.30. The number of anilines is 1. The van der Waals surface area contributed by atoms with Gasteiger partial charge < -0.3 is 10.4 Å². The van der Waals surface area contributed by atoms with E-state index in [4.69, 9.17) is 5.11 Å². The van der Waals surface area contributed by atoms with E-state index in [0.29, 0.717) is 5.56 Å². The molecule has 1 fully saturated rings. The second kappa shape index (κ2) is 7.04. The number of carbonyl (C=O) groups excluding carboxylic acids is 1. The lowest BCUT2D eigenvalue weighted by atomic mass is 9.85. The molecule has 2 N–H and O–H groups in total. The summed E-state index contributed by atoms with van der Waals surface area (Å²) in [4.78, 5) is 23.7. The molecular weight excluding hydrogens is 325 g/mol. The van der Waals surface area contributed by atoms with Gasteiger partial charge in [-0.15, -0.1) is 0 Å². The number of hydrogen-bond donors (Lipinski definition) is 2. The van der Waals surface area contributed by atoms with Crippen LogP contribution in [0.25, 0.3) is 0 Å². The molecule has 1 saturated carbocycles. The van der Waals surface area contributed by atoms with Crippen molar-refractivity contribution in [2.75, 3.05) is 5.32 Å². The van der Waals surface area contributed by atoms with Crippen LogP contribution in [0.2, 0.25) is 0 Å². The molecule has 0 radical (unpaired) electrons. The molecule has 132 valence electrons. The molecule has 2 aromatic rings. The van der Waals surface area contributed by atoms with Crippen molar-refractivity contribution in [3.8, 4) is 0 Å². The number of hydrogen-bond acceptors (Lipinski definition) is 3. The summed E-state index contributed by atoms with van der Waals surface area (Å²) < 4.78 is 15.5. The first-order valence-electron chi connectivity index (χ1n) is 8.33. The number of aryl methyl sites for hydroxylation is 1. The minimum Gasteiger partial charge on any atom is -0.478 e. The van der Waals surface area contributed by atoms with Gasteiger partial charge in [0, 0.05) is 19.2 Å². The number of aromatic carboxylic acids is 1. The molecule has 0 unspecified atom stereocenters. The number of carboxylic acid groups (broad SMARTS) is 1. The average molecular weight is 345 g/mol. The molecule has 1 aliphatic carbocycles. The van der Waals surface area contributed by atoms with Gasteiger partial charge >= 0.3 is 5.97 Å². The summed E-state index contributed by atoms with van der Waals surface area (Å²) in [6.07, 6.45) is 7.01. The first-order chi connectivity index (χ1) is 12.0. The summed E-state index contributed by atoms with van der Waals surface area (Å²) >= 11 is 0. The highest BCUT2D eigenvalue weighted by Crippen LogP contribution is 2.33. The number of amides is 1. The van der Waals surface area contributed by atoms with Crippen LogP contribution in [0.1, 0.15) is 64.4 Å². The lowest BCUT2D eigenvalue weighted by Crippen LogP contribution is -2.17. The number of nitrogens with one attached hydrogen (secondary N) is 1. The van der Waals surface area contributed by atoms with Crippen LogP contribution in [0.3, 0.4) is 0 Å². The number of halogens is 1. The van der Waals surface area contributed by atoms with Crippen molar-refractivity contribution in [1.82, 2.24) is 9.78 Å². The third-order valence-electron chi connectivity index (χ3n) is 4.56. The average Bonchev–Trinajstić information content (AvgIpc) is 2.99. The Balaban J connectivity index is 1.87. The van der Waals surface area contributed by atoms with Gasteiger partial charge in [-0.25, -0.2) is 9.18 Å². The molecule has 6 nitrogen and oxygen atoms in total. The minimum atomic E-state index is -1.18. The van der Waals surface area contributed by atoms with Crippen molar-refractivity contribution < 1.29 is 19.1 Å². The predicted molar refractivity (Wildman–Crippen MR) is 90.3 cm³/mol. The van der Waals surface area contributed by atoms with Crippen LogP contribution in [0, 0.1) is 5.82 Å². The zero-order chi connectivity index (χ0) is 18.0. The molecule has 1 amide bonds. The Kier molecular flexibility index (Phi) is 4.83. The normalized spacial score (nSPS) is 15.1. The number of benzene rings is 1. The maximum absolute atomic E-state index is 13.9. The summed E-state index contributed by atoms with van der Waals surface area (Å²) in [5, 5.41) is 15.9. The van der Waals surface area contributed by atoms with Crippen LogP contribution in [-0.2, 0) is 7.05 Å². The zero-order valence-corrected chi connectivity index (χ0v) is 14.0. The Bertz CT molecular complexity index is 810. The van der Waals surface area contributed by atoms with Crippen LogP contribution in [0.15, 0.2) is 24.4 Å². The number of nitrogens with zero attached hydrogens (tertiary/aromatic N) is 2. The third-order valence-corrected chi connectivity index (χ3v) is 4.56. The summed E-state index contributed by atoms with van der Waals surface area (Å²) in [6, 6.07) is 3.31. The van der Waals surface area contributed by atoms with E-state index in [0.717, 1.165) is 49.6 Å². The van der Waals surface area contributed by atoms with E-state index in [1.165, 1.54) is 6.42 Å². The molecule has 1 heterocycles. The standard InChI is InChI=1S/C18H20FN3O3/c1-22-10-13(16(21-22)11-5-3-2-4-6-11)17(23)20-15-9-12(18(24)25)7-8-14(15)19/h7-11H,2-6H2,1H3,(H,20,23)(H,24,25). The molecule has 0 atom stereocenters. The molecule has 1 aromatic carbocycles. The fraction of sp³-hybridized carbons (Fsp3) is 0.389. The monoisotopic (exact) mass is 345 g/mol. The lowest BCUT2D eigenvalue weighted by Gasteiger charge is -2.20. The van der Waals surface area contributed by atoms with E-state index < -0.39 is 17.7 Å². The number of carboxylic acids is 1. The van der Waals surface area contributed by atoms with Crippen molar-refractivity contribution in [2.24, 2.45) is 7.05 Å². The Morgan fingerprint density at radius 2 is 2.00 bits per heavy atom. The van der Waals surface area contributed by atoms with Crippen molar-refractivity contribution in [3.05, 3.63) is 47.0 Å². The molecule has 7 heteroatoms. The Morgan fingerprint density at radius 3 is 2.68 bits per heavy atom. The SMILES string of the molecule is Cn1cc(C(=O)Nc2cc(C(=O)O)ccc2F)c(C2CCCCC2)n1. The van der Waals surface area contributed by atoms with Gasteiger partial charge in [0.1, 0.15) is 5.82 Å². The van der Waals surface area contributed by atoms with Crippen molar-refractivity contribution in [1.29, 1.82) is 0 Å². The van der Waals surface area contributed by atoms with Gasteiger partial charge in [-0.05, 0) is 31.0 Å². The maximum Gasteiger partial charge on any atom is 0.335 e. The molecule has 1 aromatic heterocycles. The van der Waals surface area contributed by atoms with Gasteiger partial charge in [-0.2, -0.15) is 5.10 Å². The van der Waals surface area contributed by atoms with E-state index in [-0.39, 0.29) is 17.2 Å². The van der Waals surface area contributed by atoms with Crippen LogP contribution >= 0.6 is 0 Å². The van der Waals surface area contributed by atoms with Gasteiger partial charge in [0.15, 0.2) is 0 Å². The molecule has 0 bridgehead atoms. The Morgan fingerprint density at radius 1 is 1.28 bits per heavy atom. The highest BCUT2D eigenvalue weighted by atomic mass is 19.1. The van der Waals surface area contributed by atoms with Crippen molar-refractivity contribution >= 4 is 17.6 Å². The van der Waals surface area contributed by atoms with Gasteiger partial charge in [0.2, 0.25) is 0 Å². The van der Waals surface area contributed by atoms with E-state index in [1.54, 1.807) is 17.9 Å². The number of carbonyl (C=O) groups is 2. The number of rotatable bonds is 4. The van der Waals surface area contributed by atoms with Crippen LogP contribution in [0.4, 0.5) is 10.1 Å². The Hall–Kier alpha value is -2.70. The van der Waals surface area contributed by atoms with Crippen LogP contribution in [0.5, 0.6) is 0 Å². The smallest absolute Gasteiger partial charge is 0.335 e. The topological polar surface area (TPSA) is 84.2 Å². The minimum absolute atomic E-state index is 0.0876. The second-order valence-electron chi connectivity index (χ2n) is 6.39. The summed E-state index contributed by atoms with van der Waals surface area (Å²) in [7, 11) is 1.74. The third kappa shape index (κ3) is 3.70. The van der Waals surface area contributed by atoms with E-state index in [1.807, 2.05) is 0 Å². The van der Waals surface area contributed by atoms with Gasteiger partial charge in [0.25, 0.3) is 5.91 Å². The van der Waals surface area contributed by atoms with Gasteiger partial charge in [-0.1, -0.05) is 19.3 Å². The molecule has 0 aliphatic heterocycles. The van der Waals surface area contributed by atoms with E-state index in [2.05, 4.69) is 10.4 Å². The highest BCUT2D eigenvalue weighted by Gasteiger charge is 2.25. The second-order valence-corrected chi connectivity index (χ2v) is 6.39. The zero-order valence-electron chi connectivity index (χ0n) is 14.0. The quantitative estimate of drug-likeness (QED) is 0.887. The van der Waals surface area contributed by atoms with E-state index in [9.17, 15) is 14.0 Å². The molecule has 0 saturated heterocycles. The highest BCUT2D eigenvalue weighted by molar-refractivity contribution is 6.05. The predicted octanol–water partition coefficient (Wildman–Crippen LogP) is 3.56. The van der Waals surface area contributed by atoms with Crippen molar-refractivity contribution in [2.45, 2.75) is 38.0 Å². The molecule has 3 rings (SSSR count). The summed E-state index contributed by atoms with van der Waals surface area (Å²) in [5.41, 5.74) is 0.905. The van der Waals surface area contributed by atoms with Crippen LogP contribution in [-0.4, -0.2) is 26.8 Å². The first-order valence-corrected chi connectivity index (χ1v) is 8.33. The van der Waals surface area contributed by atoms with Gasteiger partial charge in [0.05, 0.1) is 22.5 Å². The number of aromatic nitrogens is 2. The van der Waals surface area contributed by atoms with E-state index >= 15 is 0 Å². The molecule has 25 heavy (non-hydrogen) atoms. The van der Waals surface area contributed by atoms with Gasteiger partial charge in [-0.3, -0.25) is 9.48 Å². The van der Waals surface area contributed by atoms with Crippen LogP contribution < -0.4 is 5.32 Å². The molecule has 1 aliphatic rings. The summed E-state index contributed by atoms with van der Waals surface area (Å²) in [5.74, 6) is -2.11. The van der Waals surface area contributed by atoms with Crippen molar-refractivity contribution in [3.63, 3.8) is 0 Å². The fourth-order valence-electron chi connectivity index (χ4n) is 3.30. The largest absolute Gasteiger partial charge is 0.478 e. The maximum atomic E-state index is 13.9.